The Bertz CT molecular complexity index is 768. The second-order valence-electron chi connectivity index (χ2n) is 7.51. The molecule has 158 valence electrons. The molecule has 1 saturated heterocycles. The maximum absolute atomic E-state index is 12.6. The number of aryl methyl sites for hydroxylation is 1. The Kier molecular flexibility index (Phi) is 8.00. The van der Waals surface area contributed by atoms with Crippen molar-refractivity contribution in [3.05, 3.63) is 29.3 Å². The maximum atomic E-state index is 12.6. The minimum atomic E-state index is -3.41. The summed E-state index contributed by atoms with van der Waals surface area (Å²) in [4.78, 5) is 14.6. The first-order valence-electron chi connectivity index (χ1n) is 10.1. The van der Waals surface area contributed by atoms with Crippen LogP contribution < -0.4 is 5.32 Å². The lowest BCUT2D eigenvalue weighted by molar-refractivity contribution is -0.117. The smallest absolute Gasteiger partial charge is 0.282 e. The van der Waals surface area contributed by atoms with Crippen molar-refractivity contribution in [1.82, 2.24) is 13.5 Å². The predicted molar refractivity (Wildman–Crippen MR) is 114 cm³/mol. The van der Waals surface area contributed by atoms with Gasteiger partial charge in [-0.3, -0.25) is 9.69 Å². The molecule has 0 spiro atoms. The van der Waals surface area contributed by atoms with Gasteiger partial charge in [-0.2, -0.15) is 17.0 Å². The molecule has 28 heavy (non-hydrogen) atoms. The molecule has 0 aliphatic carbocycles. The molecule has 0 bridgehead atoms. The molecule has 0 saturated carbocycles. The Balaban J connectivity index is 1.95. The number of carbonyl (C=O) groups is 1. The molecule has 1 aliphatic rings. The van der Waals surface area contributed by atoms with E-state index in [0.29, 0.717) is 45.2 Å². The highest BCUT2D eigenvalue weighted by molar-refractivity contribution is 7.86. The maximum Gasteiger partial charge on any atom is 0.282 e. The number of carbonyl (C=O) groups excluding carboxylic acids is 1. The Morgan fingerprint density at radius 1 is 1.14 bits per heavy atom. The van der Waals surface area contributed by atoms with E-state index in [4.69, 9.17) is 0 Å². The van der Waals surface area contributed by atoms with Crippen molar-refractivity contribution >= 4 is 21.8 Å². The lowest BCUT2D eigenvalue weighted by Crippen LogP contribution is -2.54. The summed E-state index contributed by atoms with van der Waals surface area (Å²) in [5, 5.41) is 3.06. The van der Waals surface area contributed by atoms with Gasteiger partial charge in [0, 0.05) is 45.0 Å². The average molecular weight is 411 g/mol. The van der Waals surface area contributed by atoms with Crippen molar-refractivity contribution in [2.75, 3.05) is 51.1 Å². The fourth-order valence-electron chi connectivity index (χ4n) is 3.56. The highest BCUT2D eigenvalue weighted by Crippen LogP contribution is 2.27. The molecular formula is C20H34N4O3S. The summed E-state index contributed by atoms with van der Waals surface area (Å²) in [6, 6.07) is 6.05. The van der Waals surface area contributed by atoms with Gasteiger partial charge in [-0.25, -0.2) is 0 Å². The quantitative estimate of drug-likeness (QED) is 0.713. The zero-order valence-corrected chi connectivity index (χ0v) is 18.6. The van der Waals surface area contributed by atoms with E-state index in [9.17, 15) is 13.2 Å². The molecule has 0 atom stereocenters. The van der Waals surface area contributed by atoms with Crippen molar-refractivity contribution in [3.63, 3.8) is 0 Å². The first-order chi connectivity index (χ1) is 13.2. The number of rotatable bonds is 8. The highest BCUT2D eigenvalue weighted by atomic mass is 32.2. The number of para-hydroxylation sites is 1. The minimum absolute atomic E-state index is 0.0590. The number of amides is 1. The van der Waals surface area contributed by atoms with Crippen LogP contribution in [0.5, 0.6) is 0 Å². The molecule has 2 rings (SSSR count). The van der Waals surface area contributed by atoms with Crippen LogP contribution in [-0.2, 0) is 15.0 Å². The summed E-state index contributed by atoms with van der Waals surface area (Å²) in [6.07, 6.45) is 0. The standard InChI is InChI=1S/C20H34N4O3S/c1-6-23(7-2)28(26,27)24-13-11-22(12-14-24)15-19(25)21-20-17(5)9-8-10-18(20)16(3)4/h8-10,16H,6-7,11-15H2,1-5H3,(H,21,25). The third kappa shape index (κ3) is 5.31. The van der Waals surface area contributed by atoms with Gasteiger partial charge in [0.1, 0.15) is 0 Å². The summed E-state index contributed by atoms with van der Waals surface area (Å²) in [5.74, 6) is 0.264. The number of hydrogen-bond acceptors (Lipinski definition) is 4. The number of piperazine rings is 1. The van der Waals surface area contributed by atoms with E-state index in [1.165, 1.54) is 8.61 Å². The van der Waals surface area contributed by atoms with Crippen LogP contribution in [0.2, 0.25) is 0 Å². The first-order valence-corrected chi connectivity index (χ1v) is 11.5. The fraction of sp³-hybridized carbons (Fsp3) is 0.650. The summed E-state index contributed by atoms with van der Waals surface area (Å²) in [6.45, 7) is 13.0. The van der Waals surface area contributed by atoms with Crippen LogP contribution in [0.3, 0.4) is 0 Å². The van der Waals surface area contributed by atoms with Crippen LogP contribution in [0.15, 0.2) is 18.2 Å². The zero-order valence-electron chi connectivity index (χ0n) is 17.7. The van der Waals surface area contributed by atoms with Gasteiger partial charge >= 0.3 is 0 Å². The second kappa shape index (κ2) is 9.82. The molecule has 0 aromatic heterocycles. The molecule has 1 amide bonds. The van der Waals surface area contributed by atoms with Crippen molar-refractivity contribution < 1.29 is 13.2 Å². The van der Waals surface area contributed by atoms with E-state index < -0.39 is 10.2 Å². The topological polar surface area (TPSA) is 73.0 Å². The van der Waals surface area contributed by atoms with Crippen LogP contribution >= 0.6 is 0 Å². The van der Waals surface area contributed by atoms with Gasteiger partial charge in [0.15, 0.2) is 0 Å². The van der Waals surface area contributed by atoms with Crippen molar-refractivity contribution in [2.24, 2.45) is 0 Å². The Morgan fingerprint density at radius 2 is 1.75 bits per heavy atom. The summed E-state index contributed by atoms with van der Waals surface area (Å²) >= 11 is 0. The molecule has 1 fully saturated rings. The lowest BCUT2D eigenvalue weighted by Gasteiger charge is -2.36. The molecule has 0 unspecified atom stereocenters. The van der Waals surface area contributed by atoms with Crippen LogP contribution in [0.25, 0.3) is 0 Å². The summed E-state index contributed by atoms with van der Waals surface area (Å²) in [5.41, 5.74) is 3.07. The van der Waals surface area contributed by atoms with Crippen LogP contribution in [0.1, 0.15) is 44.7 Å². The van der Waals surface area contributed by atoms with Crippen molar-refractivity contribution in [1.29, 1.82) is 0 Å². The number of benzene rings is 1. The van der Waals surface area contributed by atoms with Gasteiger partial charge < -0.3 is 5.32 Å². The summed E-state index contributed by atoms with van der Waals surface area (Å²) in [7, 11) is -3.41. The van der Waals surface area contributed by atoms with Gasteiger partial charge in [0.05, 0.1) is 6.54 Å². The number of anilines is 1. The molecule has 7 nitrogen and oxygen atoms in total. The molecule has 1 aromatic rings. The van der Waals surface area contributed by atoms with E-state index in [1.54, 1.807) is 0 Å². The largest absolute Gasteiger partial charge is 0.324 e. The molecule has 1 aromatic carbocycles. The monoisotopic (exact) mass is 410 g/mol. The molecule has 8 heteroatoms. The molecule has 1 heterocycles. The van der Waals surface area contributed by atoms with E-state index in [-0.39, 0.29) is 12.5 Å². The van der Waals surface area contributed by atoms with Crippen LogP contribution in [0.4, 0.5) is 5.69 Å². The molecule has 0 radical (unpaired) electrons. The Hall–Kier alpha value is -1.48. The van der Waals surface area contributed by atoms with Gasteiger partial charge in [-0.15, -0.1) is 0 Å². The number of nitrogens with one attached hydrogen (secondary N) is 1. The van der Waals surface area contributed by atoms with Gasteiger partial charge in [0.25, 0.3) is 10.2 Å². The zero-order chi connectivity index (χ0) is 20.9. The second-order valence-corrected chi connectivity index (χ2v) is 9.44. The predicted octanol–water partition coefficient (Wildman–Crippen LogP) is 2.26. The number of hydrogen-bond donors (Lipinski definition) is 1. The average Bonchev–Trinajstić information content (AvgIpc) is 2.64. The first kappa shape index (κ1) is 22.8. The molecule has 1 aliphatic heterocycles. The fourth-order valence-corrected chi connectivity index (χ4v) is 5.16. The Labute approximate surface area is 169 Å². The SMILES string of the molecule is CCN(CC)S(=O)(=O)N1CCN(CC(=O)Nc2c(C)cccc2C(C)C)CC1. The highest BCUT2D eigenvalue weighted by Gasteiger charge is 2.31. The lowest BCUT2D eigenvalue weighted by atomic mass is 9.98. The van der Waals surface area contributed by atoms with Crippen LogP contribution in [-0.4, -0.2) is 73.6 Å². The third-order valence-corrected chi connectivity index (χ3v) is 7.43. The normalized spacial score (nSPS) is 16.7. The molecular weight excluding hydrogens is 376 g/mol. The van der Waals surface area contributed by atoms with Crippen LogP contribution in [0, 0.1) is 6.92 Å². The van der Waals surface area contributed by atoms with E-state index >= 15 is 0 Å². The van der Waals surface area contributed by atoms with E-state index in [1.807, 2.05) is 43.9 Å². The molecule has 1 N–H and O–H groups in total. The van der Waals surface area contributed by atoms with E-state index in [0.717, 1.165) is 16.8 Å². The van der Waals surface area contributed by atoms with Crippen molar-refractivity contribution in [2.45, 2.75) is 40.5 Å². The van der Waals surface area contributed by atoms with Crippen molar-refractivity contribution in [3.8, 4) is 0 Å². The summed E-state index contributed by atoms with van der Waals surface area (Å²) < 4.78 is 28.2. The van der Waals surface area contributed by atoms with Gasteiger partial charge in [0.2, 0.25) is 5.91 Å². The van der Waals surface area contributed by atoms with Gasteiger partial charge in [-0.05, 0) is 24.0 Å². The number of nitrogens with zero attached hydrogens (tertiary/aromatic N) is 3. The third-order valence-electron chi connectivity index (χ3n) is 5.25. The van der Waals surface area contributed by atoms with Gasteiger partial charge in [-0.1, -0.05) is 45.9 Å². The Morgan fingerprint density at radius 3 is 2.29 bits per heavy atom. The van der Waals surface area contributed by atoms with E-state index in [2.05, 4.69) is 19.2 Å². The minimum Gasteiger partial charge on any atom is -0.324 e.